The molecule has 4 heteroatoms. The third-order valence-corrected chi connectivity index (χ3v) is 2.72. The number of carbonyl (C=O) groups is 1. The summed E-state index contributed by atoms with van der Waals surface area (Å²) in [6, 6.07) is 0. The van der Waals surface area contributed by atoms with Crippen LogP contribution in [0.5, 0.6) is 0 Å². The van der Waals surface area contributed by atoms with Gasteiger partial charge in [-0.2, -0.15) is 0 Å². The highest BCUT2D eigenvalue weighted by molar-refractivity contribution is 6.53. The molecule has 0 radical (unpaired) electrons. The molecule has 1 rings (SSSR count). The summed E-state index contributed by atoms with van der Waals surface area (Å²) < 4.78 is 0. The number of amides is 1. The minimum Gasteiger partial charge on any atom is -0.353 e. The van der Waals surface area contributed by atoms with Crippen molar-refractivity contribution in [3.8, 4) is 0 Å². The predicted molar refractivity (Wildman–Crippen MR) is 59.7 cm³/mol. The normalized spacial score (nSPS) is 16.6. The van der Waals surface area contributed by atoms with E-state index in [-0.39, 0.29) is 5.91 Å². The second-order valence-corrected chi connectivity index (χ2v) is 4.55. The van der Waals surface area contributed by atoms with Crippen LogP contribution < -0.4 is 5.32 Å². The summed E-state index contributed by atoms with van der Waals surface area (Å²) in [6.45, 7) is 0.639. The van der Waals surface area contributed by atoms with Gasteiger partial charge < -0.3 is 5.32 Å². The van der Waals surface area contributed by atoms with Gasteiger partial charge in [-0.1, -0.05) is 34.9 Å². The fourth-order valence-electron chi connectivity index (χ4n) is 1.56. The van der Waals surface area contributed by atoms with Crippen molar-refractivity contribution in [1.29, 1.82) is 0 Å². The zero-order valence-corrected chi connectivity index (χ0v) is 9.57. The number of alkyl halides is 2. The van der Waals surface area contributed by atoms with Crippen LogP contribution in [0.1, 0.15) is 32.1 Å². The van der Waals surface area contributed by atoms with Gasteiger partial charge in [-0.3, -0.25) is 4.79 Å². The SMILES string of the molecule is O=C(NCCC1=CCCCC1)C(Cl)Cl. The Morgan fingerprint density at radius 2 is 2.29 bits per heavy atom. The molecule has 0 aromatic heterocycles. The second-order valence-electron chi connectivity index (χ2n) is 3.45. The molecule has 0 aromatic rings. The first-order valence-corrected chi connectivity index (χ1v) is 5.81. The van der Waals surface area contributed by atoms with Gasteiger partial charge in [0.05, 0.1) is 0 Å². The molecule has 14 heavy (non-hydrogen) atoms. The van der Waals surface area contributed by atoms with E-state index in [2.05, 4.69) is 11.4 Å². The van der Waals surface area contributed by atoms with Crippen LogP contribution in [-0.2, 0) is 4.79 Å². The average Bonchev–Trinajstić information content (AvgIpc) is 2.19. The Kier molecular flexibility index (Phi) is 5.34. The van der Waals surface area contributed by atoms with Crippen LogP contribution >= 0.6 is 23.2 Å². The summed E-state index contributed by atoms with van der Waals surface area (Å²) in [7, 11) is 0. The molecule has 0 unspecified atom stereocenters. The van der Waals surface area contributed by atoms with Crippen molar-refractivity contribution >= 4 is 29.1 Å². The van der Waals surface area contributed by atoms with Gasteiger partial charge in [-0.25, -0.2) is 0 Å². The smallest absolute Gasteiger partial charge is 0.253 e. The second kappa shape index (κ2) is 6.31. The van der Waals surface area contributed by atoms with E-state index >= 15 is 0 Å². The summed E-state index contributed by atoms with van der Waals surface area (Å²) >= 11 is 10.8. The Morgan fingerprint density at radius 3 is 2.86 bits per heavy atom. The monoisotopic (exact) mass is 235 g/mol. The topological polar surface area (TPSA) is 29.1 Å². The number of halogens is 2. The van der Waals surface area contributed by atoms with Gasteiger partial charge in [0, 0.05) is 6.54 Å². The molecule has 1 N–H and O–H groups in total. The standard InChI is InChI=1S/C10H15Cl2NO/c11-9(12)10(14)13-7-6-8-4-2-1-3-5-8/h4,9H,1-3,5-7H2,(H,13,14). The lowest BCUT2D eigenvalue weighted by molar-refractivity contribution is -0.119. The van der Waals surface area contributed by atoms with Crippen molar-refractivity contribution in [1.82, 2.24) is 5.32 Å². The maximum absolute atomic E-state index is 11.0. The minimum absolute atomic E-state index is 0.301. The largest absolute Gasteiger partial charge is 0.353 e. The van der Waals surface area contributed by atoms with Gasteiger partial charge in [-0.05, 0) is 32.1 Å². The molecule has 1 amide bonds. The van der Waals surface area contributed by atoms with Gasteiger partial charge in [-0.15, -0.1) is 0 Å². The quantitative estimate of drug-likeness (QED) is 0.590. The molecule has 0 fully saturated rings. The van der Waals surface area contributed by atoms with Crippen molar-refractivity contribution in [2.45, 2.75) is 36.9 Å². The third-order valence-electron chi connectivity index (χ3n) is 2.33. The molecule has 0 bridgehead atoms. The number of rotatable bonds is 4. The maximum atomic E-state index is 11.0. The van der Waals surface area contributed by atoms with E-state index in [9.17, 15) is 4.79 Å². The molecule has 0 spiro atoms. The zero-order valence-electron chi connectivity index (χ0n) is 8.06. The van der Waals surface area contributed by atoms with E-state index < -0.39 is 4.84 Å². The van der Waals surface area contributed by atoms with Gasteiger partial charge in [0.25, 0.3) is 5.91 Å². The Morgan fingerprint density at radius 1 is 1.50 bits per heavy atom. The summed E-state index contributed by atoms with van der Waals surface area (Å²) in [5.74, 6) is -0.301. The average molecular weight is 236 g/mol. The molecule has 2 nitrogen and oxygen atoms in total. The first-order chi connectivity index (χ1) is 6.70. The zero-order chi connectivity index (χ0) is 10.4. The van der Waals surface area contributed by atoms with Crippen LogP contribution in [0.15, 0.2) is 11.6 Å². The van der Waals surface area contributed by atoms with E-state index in [0.29, 0.717) is 6.54 Å². The number of hydrogen-bond acceptors (Lipinski definition) is 1. The van der Waals surface area contributed by atoms with Crippen LogP contribution in [0.25, 0.3) is 0 Å². The summed E-state index contributed by atoms with van der Waals surface area (Å²) in [6.07, 6.45) is 8.10. The van der Waals surface area contributed by atoms with Crippen LogP contribution in [0.3, 0.4) is 0 Å². The summed E-state index contributed by atoms with van der Waals surface area (Å²) in [4.78, 5) is 10.0. The Balaban J connectivity index is 2.14. The van der Waals surface area contributed by atoms with E-state index in [0.717, 1.165) is 6.42 Å². The van der Waals surface area contributed by atoms with Crippen LogP contribution in [0.4, 0.5) is 0 Å². The molecule has 0 aromatic carbocycles. The fourth-order valence-corrected chi connectivity index (χ4v) is 1.71. The summed E-state index contributed by atoms with van der Waals surface area (Å²) in [5.41, 5.74) is 1.44. The summed E-state index contributed by atoms with van der Waals surface area (Å²) in [5, 5.41) is 2.69. The van der Waals surface area contributed by atoms with Gasteiger partial charge in [0.15, 0.2) is 4.84 Å². The molecule has 0 atom stereocenters. The first kappa shape index (κ1) is 11.9. The molecule has 0 saturated heterocycles. The van der Waals surface area contributed by atoms with Gasteiger partial charge >= 0.3 is 0 Å². The molecule has 1 aliphatic carbocycles. The number of nitrogens with one attached hydrogen (secondary N) is 1. The van der Waals surface area contributed by atoms with Gasteiger partial charge in [0.1, 0.15) is 0 Å². The highest BCUT2D eigenvalue weighted by Crippen LogP contribution is 2.19. The minimum atomic E-state index is -0.949. The van der Waals surface area contributed by atoms with E-state index in [4.69, 9.17) is 23.2 Å². The molecule has 0 aliphatic heterocycles. The third kappa shape index (κ3) is 4.34. The molecule has 0 saturated carbocycles. The molecule has 80 valence electrons. The lowest BCUT2D eigenvalue weighted by atomic mass is 9.97. The van der Waals surface area contributed by atoms with Crippen molar-refractivity contribution in [3.05, 3.63) is 11.6 Å². The Labute approximate surface area is 94.6 Å². The molecule has 1 aliphatic rings. The number of hydrogen-bond donors (Lipinski definition) is 1. The fraction of sp³-hybridized carbons (Fsp3) is 0.700. The van der Waals surface area contributed by atoms with Crippen molar-refractivity contribution < 1.29 is 4.79 Å². The maximum Gasteiger partial charge on any atom is 0.253 e. The molecule has 0 heterocycles. The van der Waals surface area contributed by atoms with Gasteiger partial charge in [0.2, 0.25) is 0 Å². The Hall–Kier alpha value is -0.210. The van der Waals surface area contributed by atoms with Crippen LogP contribution in [0, 0.1) is 0 Å². The highest BCUT2D eigenvalue weighted by atomic mass is 35.5. The number of allylic oxidation sites excluding steroid dienone is 1. The van der Waals surface area contributed by atoms with E-state index in [1.807, 2.05) is 0 Å². The lowest BCUT2D eigenvalue weighted by Gasteiger charge is -2.12. The Bertz CT molecular complexity index is 226. The van der Waals surface area contributed by atoms with Crippen LogP contribution in [-0.4, -0.2) is 17.3 Å². The van der Waals surface area contributed by atoms with E-state index in [1.165, 1.54) is 31.3 Å². The van der Waals surface area contributed by atoms with Crippen molar-refractivity contribution in [3.63, 3.8) is 0 Å². The molecular weight excluding hydrogens is 221 g/mol. The highest BCUT2D eigenvalue weighted by Gasteiger charge is 2.10. The molecular formula is C10H15Cl2NO. The van der Waals surface area contributed by atoms with E-state index in [1.54, 1.807) is 0 Å². The first-order valence-electron chi connectivity index (χ1n) is 4.94. The van der Waals surface area contributed by atoms with Crippen molar-refractivity contribution in [2.24, 2.45) is 0 Å². The van der Waals surface area contributed by atoms with Crippen molar-refractivity contribution in [2.75, 3.05) is 6.54 Å². The van der Waals surface area contributed by atoms with Crippen LogP contribution in [0.2, 0.25) is 0 Å². The predicted octanol–water partition coefficient (Wildman–Crippen LogP) is 2.80. The number of carbonyl (C=O) groups excluding carboxylic acids is 1. The lowest BCUT2D eigenvalue weighted by Crippen LogP contribution is -2.29.